The minimum absolute atomic E-state index is 0.216. The van der Waals surface area contributed by atoms with Crippen molar-refractivity contribution < 1.29 is 4.79 Å². The second-order valence-corrected chi connectivity index (χ2v) is 5.36. The number of nitrogens with zero attached hydrogens (tertiary/aromatic N) is 2. The number of nitrogens with two attached hydrogens (primary N) is 1. The van der Waals surface area contributed by atoms with Crippen molar-refractivity contribution in [3.8, 4) is 0 Å². The van der Waals surface area contributed by atoms with E-state index in [2.05, 4.69) is 10.4 Å². The second kappa shape index (κ2) is 5.54. The van der Waals surface area contributed by atoms with Crippen LogP contribution in [0.2, 0.25) is 5.02 Å². The summed E-state index contributed by atoms with van der Waals surface area (Å²) in [5.41, 5.74) is 8.07. The van der Waals surface area contributed by atoms with Gasteiger partial charge < -0.3 is 11.1 Å². The Morgan fingerprint density at radius 2 is 2.15 bits per heavy atom. The smallest absolute Gasteiger partial charge is 0.257 e. The van der Waals surface area contributed by atoms with Gasteiger partial charge in [-0.15, -0.1) is 0 Å². The van der Waals surface area contributed by atoms with Gasteiger partial charge in [0.2, 0.25) is 0 Å². The average molecular weight is 293 g/mol. The number of rotatable bonds is 3. The number of carbonyl (C=O) groups excluding carboxylic acids is 1. The molecule has 0 atom stereocenters. The fourth-order valence-electron chi connectivity index (χ4n) is 1.93. The van der Waals surface area contributed by atoms with E-state index in [1.54, 1.807) is 29.1 Å². The Bertz CT molecular complexity index is 649. The molecule has 5 nitrogen and oxygen atoms in total. The maximum absolute atomic E-state index is 12.3. The number of halogens is 1. The molecule has 0 aliphatic rings. The van der Waals surface area contributed by atoms with Crippen molar-refractivity contribution in [2.45, 2.75) is 19.8 Å². The summed E-state index contributed by atoms with van der Waals surface area (Å²) < 4.78 is 1.68. The van der Waals surface area contributed by atoms with E-state index in [1.165, 1.54) is 0 Å². The van der Waals surface area contributed by atoms with Crippen molar-refractivity contribution in [3.63, 3.8) is 0 Å². The molecule has 0 saturated carbocycles. The maximum atomic E-state index is 12.3. The van der Waals surface area contributed by atoms with Crippen LogP contribution in [0.25, 0.3) is 0 Å². The van der Waals surface area contributed by atoms with Crippen molar-refractivity contribution in [2.24, 2.45) is 7.05 Å². The van der Waals surface area contributed by atoms with Crippen LogP contribution in [-0.4, -0.2) is 15.7 Å². The third-order valence-electron chi connectivity index (χ3n) is 2.89. The van der Waals surface area contributed by atoms with Gasteiger partial charge in [-0.05, 0) is 24.1 Å². The predicted octanol–water partition coefficient (Wildman–Crippen LogP) is 3.03. The van der Waals surface area contributed by atoms with Gasteiger partial charge >= 0.3 is 0 Å². The van der Waals surface area contributed by atoms with Gasteiger partial charge in [-0.3, -0.25) is 9.48 Å². The molecule has 0 bridgehead atoms. The minimum atomic E-state index is -0.273. The Kier molecular flexibility index (Phi) is 3.99. The van der Waals surface area contributed by atoms with Gasteiger partial charge in [0.1, 0.15) is 0 Å². The lowest BCUT2D eigenvalue weighted by molar-refractivity contribution is 0.102. The summed E-state index contributed by atoms with van der Waals surface area (Å²) in [6.07, 6.45) is 1.78. The number of anilines is 2. The molecule has 1 amide bonds. The first-order valence-electron chi connectivity index (χ1n) is 6.28. The van der Waals surface area contributed by atoms with E-state index in [-0.39, 0.29) is 11.8 Å². The van der Waals surface area contributed by atoms with Gasteiger partial charge in [0, 0.05) is 18.9 Å². The van der Waals surface area contributed by atoms with Crippen molar-refractivity contribution >= 4 is 28.9 Å². The minimum Gasteiger partial charge on any atom is -0.399 e. The van der Waals surface area contributed by atoms with E-state index >= 15 is 0 Å². The molecule has 2 rings (SSSR count). The maximum Gasteiger partial charge on any atom is 0.257 e. The van der Waals surface area contributed by atoms with Crippen LogP contribution in [-0.2, 0) is 7.05 Å². The number of aryl methyl sites for hydroxylation is 1. The summed E-state index contributed by atoms with van der Waals surface area (Å²) in [4.78, 5) is 12.3. The molecule has 0 radical (unpaired) electrons. The van der Waals surface area contributed by atoms with Crippen molar-refractivity contribution in [1.82, 2.24) is 9.78 Å². The zero-order valence-electron chi connectivity index (χ0n) is 11.6. The normalized spacial score (nSPS) is 10.8. The number of aromatic nitrogens is 2. The molecule has 3 N–H and O–H groups in total. The van der Waals surface area contributed by atoms with Gasteiger partial charge in [0.15, 0.2) is 0 Å². The Labute approximate surface area is 122 Å². The lowest BCUT2D eigenvalue weighted by Crippen LogP contribution is -2.13. The Hall–Kier alpha value is -2.01. The van der Waals surface area contributed by atoms with Crippen LogP contribution in [0, 0.1) is 0 Å². The third kappa shape index (κ3) is 2.93. The lowest BCUT2D eigenvalue weighted by Gasteiger charge is -2.08. The monoisotopic (exact) mass is 292 g/mol. The number of hydrogen-bond acceptors (Lipinski definition) is 3. The Morgan fingerprint density at radius 1 is 1.45 bits per heavy atom. The summed E-state index contributed by atoms with van der Waals surface area (Å²) in [5.74, 6) is -0.0571. The zero-order chi connectivity index (χ0) is 14.9. The molecule has 6 heteroatoms. The largest absolute Gasteiger partial charge is 0.399 e. The molecule has 2 aromatic rings. The van der Waals surface area contributed by atoms with E-state index in [4.69, 9.17) is 17.3 Å². The molecule has 0 aliphatic carbocycles. The first kappa shape index (κ1) is 14.4. The highest BCUT2D eigenvalue weighted by atomic mass is 35.5. The molecule has 106 valence electrons. The molecule has 0 spiro atoms. The van der Waals surface area contributed by atoms with Crippen molar-refractivity contribution in [1.29, 1.82) is 0 Å². The highest BCUT2D eigenvalue weighted by Crippen LogP contribution is 2.24. The van der Waals surface area contributed by atoms with E-state index in [1.807, 2.05) is 20.9 Å². The van der Waals surface area contributed by atoms with E-state index < -0.39 is 0 Å². The molecule has 0 aliphatic heterocycles. The average Bonchev–Trinajstić information content (AvgIpc) is 2.70. The lowest BCUT2D eigenvalue weighted by atomic mass is 10.1. The fraction of sp³-hybridized carbons (Fsp3) is 0.286. The van der Waals surface area contributed by atoms with Gasteiger partial charge in [-0.2, -0.15) is 5.10 Å². The van der Waals surface area contributed by atoms with Crippen molar-refractivity contribution in [2.75, 3.05) is 11.1 Å². The fourth-order valence-corrected chi connectivity index (χ4v) is 2.21. The van der Waals surface area contributed by atoms with E-state index in [9.17, 15) is 4.79 Å². The molecule has 1 heterocycles. The number of nitrogen functional groups attached to an aromatic ring is 1. The van der Waals surface area contributed by atoms with Crippen LogP contribution < -0.4 is 11.1 Å². The molecular weight excluding hydrogens is 276 g/mol. The molecule has 0 saturated heterocycles. The summed E-state index contributed by atoms with van der Waals surface area (Å²) in [5, 5.41) is 7.52. The predicted molar refractivity (Wildman–Crippen MR) is 81.1 cm³/mol. The van der Waals surface area contributed by atoms with Crippen LogP contribution >= 0.6 is 11.6 Å². The van der Waals surface area contributed by atoms with Crippen LogP contribution in [0.15, 0.2) is 24.4 Å². The number of hydrogen-bond donors (Lipinski definition) is 2. The first-order valence-corrected chi connectivity index (χ1v) is 6.66. The van der Waals surface area contributed by atoms with Crippen molar-refractivity contribution in [3.05, 3.63) is 40.7 Å². The molecule has 0 fully saturated rings. The highest BCUT2D eigenvalue weighted by Gasteiger charge is 2.16. The topological polar surface area (TPSA) is 72.9 Å². The zero-order valence-corrected chi connectivity index (χ0v) is 12.4. The molecular formula is C14H17ClN4O. The summed E-state index contributed by atoms with van der Waals surface area (Å²) in [6.45, 7) is 4.04. The van der Waals surface area contributed by atoms with Gasteiger partial charge in [-0.25, -0.2) is 0 Å². The Morgan fingerprint density at radius 3 is 2.75 bits per heavy atom. The molecule has 1 aromatic heterocycles. The molecule has 0 unspecified atom stereocenters. The van der Waals surface area contributed by atoms with Crippen LogP contribution in [0.4, 0.5) is 11.4 Å². The quantitative estimate of drug-likeness (QED) is 0.854. The van der Waals surface area contributed by atoms with Crippen LogP contribution in [0.1, 0.15) is 35.8 Å². The SMILES string of the molecule is CC(C)c1nn(C)cc1NC(=O)c1ccc(N)cc1Cl. The number of nitrogens with one attached hydrogen (secondary N) is 1. The van der Waals surface area contributed by atoms with E-state index in [0.29, 0.717) is 22.0 Å². The molecule has 1 aromatic carbocycles. The van der Waals surface area contributed by atoms with Gasteiger partial charge in [-0.1, -0.05) is 25.4 Å². The summed E-state index contributed by atoms with van der Waals surface area (Å²) in [6, 6.07) is 4.81. The number of carbonyl (C=O) groups is 1. The number of amides is 1. The van der Waals surface area contributed by atoms with Gasteiger partial charge in [0.25, 0.3) is 5.91 Å². The van der Waals surface area contributed by atoms with Crippen LogP contribution in [0.5, 0.6) is 0 Å². The number of benzene rings is 1. The van der Waals surface area contributed by atoms with Gasteiger partial charge in [0.05, 0.1) is 22.0 Å². The second-order valence-electron chi connectivity index (χ2n) is 4.95. The first-order chi connectivity index (χ1) is 9.38. The summed E-state index contributed by atoms with van der Waals surface area (Å²) in [7, 11) is 1.82. The third-order valence-corrected chi connectivity index (χ3v) is 3.20. The van der Waals surface area contributed by atoms with E-state index in [0.717, 1.165) is 5.69 Å². The van der Waals surface area contributed by atoms with Crippen LogP contribution in [0.3, 0.4) is 0 Å². The Balaban J connectivity index is 2.28. The summed E-state index contributed by atoms with van der Waals surface area (Å²) >= 11 is 6.04. The highest BCUT2D eigenvalue weighted by molar-refractivity contribution is 6.34. The molecule has 20 heavy (non-hydrogen) atoms. The standard InChI is InChI=1S/C14H17ClN4O/c1-8(2)13-12(7-19(3)18-13)17-14(20)10-5-4-9(16)6-11(10)15/h4-8H,16H2,1-3H3,(H,17,20).